The van der Waals surface area contributed by atoms with E-state index in [1.54, 1.807) is 12.1 Å². The van der Waals surface area contributed by atoms with Gasteiger partial charge in [0.15, 0.2) is 5.82 Å². The summed E-state index contributed by atoms with van der Waals surface area (Å²) in [6.07, 6.45) is 0. The molecule has 130 valence electrons. The van der Waals surface area contributed by atoms with E-state index in [1.165, 1.54) is 0 Å². The van der Waals surface area contributed by atoms with Crippen molar-refractivity contribution in [3.63, 3.8) is 0 Å². The van der Waals surface area contributed by atoms with E-state index in [2.05, 4.69) is 30.7 Å². The summed E-state index contributed by atoms with van der Waals surface area (Å²) >= 11 is 12.1. The monoisotopic (exact) mass is 386 g/mol. The van der Waals surface area contributed by atoms with Crippen molar-refractivity contribution >= 4 is 39.8 Å². The summed E-state index contributed by atoms with van der Waals surface area (Å²) in [6, 6.07) is 13.1. The van der Waals surface area contributed by atoms with Gasteiger partial charge in [0.1, 0.15) is 11.5 Å². The number of rotatable bonds is 4. The van der Waals surface area contributed by atoms with Gasteiger partial charge in [-0.05, 0) is 12.1 Å². The van der Waals surface area contributed by atoms with E-state index >= 15 is 0 Å². The number of halogens is 2. The molecule has 0 atom stereocenters. The van der Waals surface area contributed by atoms with Crippen molar-refractivity contribution in [3.05, 3.63) is 68.8 Å². The molecule has 0 fully saturated rings. The molecule has 0 aliphatic carbocycles. The summed E-state index contributed by atoms with van der Waals surface area (Å²) in [6.45, 7) is 0.309. The largest absolute Gasteiger partial charge is 0.361 e. The number of benzene rings is 2. The zero-order valence-corrected chi connectivity index (χ0v) is 14.8. The third-order valence-corrected chi connectivity index (χ3v) is 4.59. The van der Waals surface area contributed by atoms with E-state index < -0.39 is 0 Å². The van der Waals surface area contributed by atoms with Crippen LogP contribution in [-0.2, 0) is 6.54 Å². The molecule has 0 radical (unpaired) electrons. The van der Waals surface area contributed by atoms with Gasteiger partial charge in [-0.1, -0.05) is 53.5 Å². The van der Waals surface area contributed by atoms with Gasteiger partial charge in [0.05, 0.1) is 16.6 Å². The minimum Gasteiger partial charge on any atom is -0.361 e. The molecule has 9 heteroatoms. The fraction of sp³-hybridized carbons (Fsp3) is 0.0588. The van der Waals surface area contributed by atoms with E-state index in [0.717, 1.165) is 16.3 Å². The molecule has 0 unspecified atom stereocenters. The van der Waals surface area contributed by atoms with Crippen LogP contribution in [0.15, 0.2) is 47.3 Å². The molecule has 7 nitrogen and oxygen atoms in total. The van der Waals surface area contributed by atoms with Crippen molar-refractivity contribution in [1.29, 1.82) is 0 Å². The maximum Gasteiger partial charge on any atom is 0.340 e. The first-order valence-electron chi connectivity index (χ1n) is 7.70. The molecule has 0 spiro atoms. The first kappa shape index (κ1) is 16.6. The van der Waals surface area contributed by atoms with Crippen LogP contribution >= 0.6 is 23.2 Å². The highest BCUT2D eigenvalue weighted by Gasteiger charge is 2.12. The molecule has 2 heterocycles. The zero-order chi connectivity index (χ0) is 18.1. The number of hydrogen-bond donors (Lipinski definition) is 3. The van der Waals surface area contributed by atoms with Crippen molar-refractivity contribution in [2.45, 2.75) is 6.54 Å². The third-order valence-electron chi connectivity index (χ3n) is 3.85. The smallest absolute Gasteiger partial charge is 0.340 e. The molecule has 0 saturated carbocycles. The summed E-state index contributed by atoms with van der Waals surface area (Å²) in [4.78, 5) is 13.7. The number of aromatic nitrogens is 5. The number of nitrogens with zero attached hydrogens (tertiary/aromatic N) is 3. The molecular formula is C17H12Cl2N6O. The lowest BCUT2D eigenvalue weighted by Gasteiger charge is -2.11. The SMILES string of the molecule is O=c1[nH]nc(CNc2nnc(-c3ccc(Cl)c(Cl)c3)c3ccccc23)[nH]1. The summed E-state index contributed by atoms with van der Waals surface area (Å²) in [5, 5.41) is 20.7. The lowest BCUT2D eigenvalue weighted by molar-refractivity contribution is 0.936. The minimum absolute atomic E-state index is 0.309. The van der Waals surface area contributed by atoms with Gasteiger partial charge in [0.2, 0.25) is 0 Å². The number of aromatic amines is 2. The summed E-state index contributed by atoms with van der Waals surface area (Å²) < 4.78 is 0. The molecule has 4 aromatic rings. The Morgan fingerprint density at radius 2 is 1.81 bits per heavy atom. The first-order valence-corrected chi connectivity index (χ1v) is 8.45. The summed E-state index contributed by atoms with van der Waals surface area (Å²) in [5.41, 5.74) is 1.18. The van der Waals surface area contributed by atoms with Crippen LogP contribution in [0.1, 0.15) is 5.82 Å². The van der Waals surface area contributed by atoms with Gasteiger partial charge in [0.25, 0.3) is 0 Å². The maximum atomic E-state index is 11.1. The van der Waals surface area contributed by atoms with Crippen molar-refractivity contribution in [3.8, 4) is 11.3 Å². The number of hydrogen-bond acceptors (Lipinski definition) is 5. The van der Waals surface area contributed by atoms with E-state index in [-0.39, 0.29) is 5.69 Å². The second-order valence-electron chi connectivity index (χ2n) is 5.55. The number of nitrogens with one attached hydrogen (secondary N) is 3. The summed E-state index contributed by atoms with van der Waals surface area (Å²) in [7, 11) is 0. The topological polar surface area (TPSA) is 99.3 Å². The van der Waals surface area contributed by atoms with Crippen molar-refractivity contribution < 1.29 is 0 Å². The molecular weight excluding hydrogens is 375 g/mol. The van der Waals surface area contributed by atoms with Crippen LogP contribution in [0.3, 0.4) is 0 Å². The average Bonchev–Trinajstić information content (AvgIpc) is 3.07. The lowest BCUT2D eigenvalue weighted by atomic mass is 10.0. The quantitative estimate of drug-likeness (QED) is 0.497. The fourth-order valence-electron chi connectivity index (χ4n) is 2.65. The Morgan fingerprint density at radius 1 is 1.00 bits per heavy atom. The Bertz CT molecular complexity index is 1150. The van der Waals surface area contributed by atoms with Crippen molar-refractivity contribution in [1.82, 2.24) is 25.4 Å². The molecule has 0 bridgehead atoms. The summed E-state index contributed by atoms with van der Waals surface area (Å²) in [5.74, 6) is 1.07. The van der Waals surface area contributed by atoms with Gasteiger partial charge < -0.3 is 5.32 Å². The van der Waals surface area contributed by atoms with Gasteiger partial charge in [-0.15, -0.1) is 10.2 Å². The molecule has 3 N–H and O–H groups in total. The van der Waals surface area contributed by atoms with Crippen LogP contribution < -0.4 is 11.0 Å². The van der Waals surface area contributed by atoms with E-state index in [0.29, 0.717) is 33.9 Å². The van der Waals surface area contributed by atoms with Crippen LogP contribution in [-0.4, -0.2) is 25.4 Å². The van der Waals surface area contributed by atoms with E-state index in [1.807, 2.05) is 30.3 Å². The standard InChI is InChI=1S/C17H12Cl2N6O/c18-12-6-5-9(7-13(12)19)15-10-3-1-2-4-11(10)16(24-23-15)20-8-14-21-17(26)25-22-14/h1-7H,8H2,(H,20,24)(H2,21,22,25,26). The van der Waals surface area contributed by atoms with Crippen LogP contribution in [0.5, 0.6) is 0 Å². The average molecular weight is 387 g/mol. The Kier molecular flexibility index (Phi) is 4.32. The lowest BCUT2D eigenvalue weighted by Crippen LogP contribution is -2.07. The molecule has 0 aliphatic heterocycles. The van der Waals surface area contributed by atoms with Gasteiger partial charge >= 0.3 is 5.69 Å². The molecule has 0 saturated heterocycles. The number of H-pyrrole nitrogens is 2. The molecule has 2 aromatic heterocycles. The van der Waals surface area contributed by atoms with Gasteiger partial charge in [-0.25, -0.2) is 9.89 Å². The first-order chi connectivity index (χ1) is 12.6. The van der Waals surface area contributed by atoms with E-state index in [9.17, 15) is 4.79 Å². The number of fused-ring (bicyclic) bond motifs is 1. The molecule has 0 aliphatic rings. The number of anilines is 1. The second-order valence-corrected chi connectivity index (χ2v) is 6.36. The van der Waals surface area contributed by atoms with Gasteiger partial charge in [0, 0.05) is 16.3 Å². The maximum absolute atomic E-state index is 11.1. The second kappa shape index (κ2) is 6.78. The van der Waals surface area contributed by atoms with Crippen LogP contribution in [0.4, 0.5) is 5.82 Å². The van der Waals surface area contributed by atoms with Crippen LogP contribution in [0.25, 0.3) is 22.0 Å². The Labute approximate surface area is 157 Å². The Balaban J connectivity index is 1.75. The van der Waals surface area contributed by atoms with Crippen molar-refractivity contribution in [2.75, 3.05) is 5.32 Å². The molecule has 2 aromatic carbocycles. The van der Waals surface area contributed by atoms with E-state index in [4.69, 9.17) is 23.2 Å². The predicted octanol–water partition coefficient (Wildman–Crippen LogP) is 3.63. The highest BCUT2D eigenvalue weighted by molar-refractivity contribution is 6.42. The molecule has 0 amide bonds. The van der Waals surface area contributed by atoms with Gasteiger partial charge in [-0.2, -0.15) is 5.10 Å². The highest BCUT2D eigenvalue weighted by Crippen LogP contribution is 2.33. The third kappa shape index (κ3) is 3.14. The van der Waals surface area contributed by atoms with Crippen molar-refractivity contribution in [2.24, 2.45) is 0 Å². The van der Waals surface area contributed by atoms with Gasteiger partial charge in [-0.3, -0.25) is 4.98 Å². The molecule has 26 heavy (non-hydrogen) atoms. The normalized spacial score (nSPS) is 11.0. The zero-order valence-electron chi connectivity index (χ0n) is 13.3. The molecule has 4 rings (SSSR count). The highest BCUT2D eigenvalue weighted by atomic mass is 35.5. The van der Waals surface area contributed by atoms with Crippen LogP contribution in [0.2, 0.25) is 10.0 Å². The predicted molar refractivity (Wildman–Crippen MR) is 102 cm³/mol. The Hall–Kier alpha value is -2.90. The fourth-order valence-corrected chi connectivity index (χ4v) is 2.95. The van der Waals surface area contributed by atoms with Crippen LogP contribution in [0, 0.1) is 0 Å². The minimum atomic E-state index is -0.354. The Morgan fingerprint density at radius 3 is 2.54 bits per heavy atom.